The van der Waals surface area contributed by atoms with E-state index in [-0.39, 0.29) is 12.0 Å². The third-order valence-corrected chi connectivity index (χ3v) is 6.69. The number of aliphatic hydroxyl groups excluding tert-OH is 1. The fraction of sp³-hybridized carbons (Fsp3) is 0.727. The molecule has 5 heteroatoms. The van der Waals surface area contributed by atoms with Gasteiger partial charge in [0.1, 0.15) is 12.4 Å². The van der Waals surface area contributed by atoms with Crippen molar-refractivity contribution in [2.45, 2.75) is 32.2 Å². The van der Waals surface area contributed by atoms with Gasteiger partial charge in [-0.05, 0) is 50.0 Å². The van der Waals surface area contributed by atoms with Crippen molar-refractivity contribution in [2.75, 3.05) is 59.2 Å². The van der Waals surface area contributed by atoms with Gasteiger partial charge < -0.3 is 14.6 Å². The van der Waals surface area contributed by atoms with Crippen molar-refractivity contribution in [3.05, 3.63) is 29.8 Å². The normalized spacial score (nSPS) is 29.6. The molecule has 3 aliphatic rings. The highest BCUT2D eigenvalue weighted by molar-refractivity contribution is 5.28. The molecule has 1 N–H and O–H groups in total. The molecule has 0 amide bonds. The van der Waals surface area contributed by atoms with Crippen molar-refractivity contribution in [1.82, 2.24) is 9.80 Å². The Kier molecular flexibility index (Phi) is 6.33. The smallest absolute Gasteiger partial charge is 0.119 e. The highest BCUT2D eigenvalue weighted by Crippen LogP contribution is 2.42. The molecule has 3 saturated heterocycles. The molecule has 3 aliphatic heterocycles. The first-order chi connectivity index (χ1) is 13.3. The Hall–Kier alpha value is -1.14. The van der Waals surface area contributed by atoms with Crippen LogP contribution in [0.25, 0.3) is 0 Å². The zero-order chi connectivity index (χ0) is 18.5. The van der Waals surface area contributed by atoms with Crippen LogP contribution < -0.4 is 4.74 Å². The van der Waals surface area contributed by atoms with E-state index >= 15 is 0 Å². The topological polar surface area (TPSA) is 45.2 Å². The van der Waals surface area contributed by atoms with Gasteiger partial charge >= 0.3 is 0 Å². The lowest BCUT2D eigenvalue weighted by atomic mass is 9.75. The molecule has 3 fully saturated rings. The monoisotopic (exact) mass is 374 g/mol. The van der Waals surface area contributed by atoms with Gasteiger partial charge in [0, 0.05) is 44.1 Å². The van der Waals surface area contributed by atoms with Crippen LogP contribution in [0.3, 0.4) is 0 Å². The summed E-state index contributed by atoms with van der Waals surface area (Å²) in [7, 11) is 0. The molecule has 0 spiro atoms. The van der Waals surface area contributed by atoms with E-state index in [4.69, 9.17) is 9.47 Å². The van der Waals surface area contributed by atoms with Crippen LogP contribution in [0.1, 0.15) is 31.2 Å². The summed E-state index contributed by atoms with van der Waals surface area (Å²) in [6, 6.07) is 8.52. The maximum atomic E-state index is 9.98. The van der Waals surface area contributed by atoms with Crippen molar-refractivity contribution in [3.8, 4) is 5.75 Å². The Morgan fingerprint density at radius 1 is 1.19 bits per heavy atom. The van der Waals surface area contributed by atoms with Crippen LogP contribution in [0.15, 0.2) is 24.3 Å². The summed E-state index contributed by atoms with van der Waals surface area (Å²) < 4.78 is 11.7. The van der Waals surface area contributed by atoms with E-state index in [1.165, 1.54) is 37.9 Å². The maximum Gasteiger partial charge on any atom is 0.119 e. The largest absolute Gasteiger partial charge is 0.492 e. The Balaban J connectivity index is 1.29. The van der Waals surface area contributed by atoms with Crippen molar-refractivity contribution >= 4 is 0 Å². The lowest BCUT2D eigenvalue weighted by Gasteiger charge is -2.36. The molecule has 1 aromatic rings. The van der Waals surface area contributed by atoms with Crippen molar-refractivity contribution in [3.63, 3.8) is 0 Å². The number of fused-ring (bicyclic) bond motifs is 1. The summed E-state index contributed by atoms with van der Waals surface area (Å²) in [5.41, 5.74) is 1.33. The van der Waals surface area contributed by atoms with Gasteiger partial charge in [0.05, 0.1) is 13.2 Å². The van der Waals surface area contributed by atoms with Gasteiger partial charge in [0.25, 0.3) is 0 Å². The zero-order valence-electron chi connectivity index (χ0n) is 16.4. The molecule has 3 heterocycles. The minimum Gasteiger partial charge on any atom is -0.492 e. The van der Waals surface area contributed by atoms with Gasteiger partial charge in [-0.3, -0.25) is 9.80 Å². The number of rotatable bonds is 7. The number of piperidine rings is 1. The number of ether oxygens (including phenoxy) is 2. The quantitative estimate of drug-likeness (QED) is 0.794. The molecule has 27 heavy (non-hydrogen) atoms. The minimum atomic E-state index is 0.0425. The fourth-order valence-corrected chi connectivity index (χ4v) is 5.00. The Bertz CT molecular complexity index is 605. The first kappa shape index (κ1) is 19.2. The average molecular weight is 375 g/mol. The number of likely N-dealkylation sites (tertiary alicyclic amines) is 2. The van der Waals surface area contributed by atoms with Crippen LogP contribution in [-0.4, -0.2) is 74.1 Å². The van der Waals surface area contributed by atoms with Gasteiger partial charge in [-0.15, -0.1) is 0 Å². The van der Waals surface area contributed by atoms with Gasteiger partial charge in [0.15, 0.2) is 0 Å². The van der Waals surface area contributed by atoms with Crippen LogP contribution in [0, 0.1) is 11.3 Å². The molecule has 4 rings (SSSR count). The molecule has 0 radical (unpaired) electrons. The molecule has 0 bridgehead atoms. The van der Waals surface area contributed by atoms with E-state index in [0.717, 1.165) is 58.2 Å². The van der Waals surface area contributed by atoms with Gasteiger partial charge in [-0.2, -0.15) is 0 Å². The first-order valence-corrected chi connectivity index (χ1v) is 10.6. The Morgan fingerprint density at radius 3 is 2.89 bits per heavy atom. The highest BCUT2D eigenvalue weighted by Gasteiger charge is 2.47. The second kappa shape index (κ2) is 8.91. The van der Waals surface area contributed by atoms with Crippen LogP contribution in [-0.2, 0) is 11.3 Å². The molecule has 150 valence electrons. The molecule has 5 nitrogen and oxygen atoms in total. The van der Waals surface area contributed by atoms with Crippen molar-refractivity contribution in [1.29, 1.82) is 0 Å². The van der Waals surface area contributed by atoms with Crippen molar-refractivity contribution < 1.29 is 14.6 Å². The van der Waals surface area contributed by atoms with E-state index in [1.807, 2.05) is 0 Å². The summed E-state index contributed by atoms with van der Waals surface area (Å²) in [6.07, 6.45) is 5.00. The Morgan fingerprint density at radius 2 is 2.07 bits per heavy atom. The predicted octanol–water partition coefficient (Wildman–Crippen LogP) is 2.38. The third kappa shape index (κ3) is 4.65. The van der Waals surface area contributed by atoms with E-state index in [0.29, 0.717) is 5.92 Å². The number of benzene rings is 1. The lowest BCUT2D eigenvalue weighted by Crippen LogP contribution is -2.41. The standard InChI is InChI=1S/C22H34N2O3/c25-18-22-7-11-26-16-20(22)15-24(17-22)14-19-5-4-6-21(13-19)27-12-10-23-8-2-1-3-9-23/h4-6,13,20,25H,1-3,7-12,14-18H2/t20-,22-/m1/s1. The highest BCUT2D eigenvalue weighted by atomic mass is 16.5. The molecule has 2 atom stereocenters. The predicted molar refractivity (Wildman–Crippen MR) is 106 cm³/mol. The third-order valence-electron chi connectivity index (χ3n) is 6.69. The van der Waals surface area contributed by atoms with E-state index < -0.39 is 0 Å². The number of aliphatic hydroxyl groups is 1. The van der Waals surface area contributed by atoms with Crippen LogP contribution >= 0.6 is 0 Å². The van der Waals surface area contributed by atoms with Crippen LogP contribution in [0.4, 0.5) is 0 Å². The van der Waals surface area contributed by atoms with Gasteiger partial charge in [-0.25, -0.2) is 0 Å². The van der Waals surface area contributed by atoms with E-state index in [9.17, 15) is 5.11 Å². The Labute approximate surface area is 163 Å². The fourth-order valence-electron chi connectivity index (χ4n) is 5.00. The molecular weight excluding hydrogens is 340 g/mol. The molecule has 1 aromatic carbocycles. The summed E-state index contributed by atoms with van der Waals surface area (Å²) in [4.78, 5) is 4.98. The maximum absolute atomic E-state index is 9.98. The molecular formula is C22H34N2O3. The first-order valence-electron chi connectivity index (χ1n) is 10.6. The molecule has 0 aliphatic carbocycles. The minimum absolute atomic E-state index is 0.0425. The van der Waals surface area contributed by atoms with Gasteiger partial charge in [0.2, 0.25) is 0 Å². The summed E-state index contributed by atoms with van der Waals surface area (Å²) in [5, 5.41) is 9.98. The number of nitrogens with zero attached hydrogens (tertiary/aromatic N) is 2. The van der Waals surface area contributed by atoms with E-state index in [2.05, 4.69) is 34.1 Å². The lowest BCUT2D eigenvalue weighted by molar-refractivity contribution is -0.0417. The van der Waals surface area contributed by atoms with Crippen molar-refractivity contribution in [2.24, 2.45) is 11.3 Å². The van der Waals surface area contributed by atoms with Gasteiger partial charge in [-0.1, -0.05) is 18.6 Å². The van der Waals surface area contributed by atoms with Crippen LogP contribution in [0.2, 0.25) is 0 Å². The van der Waals surface area contributed by atoms with Crippen LogP contribution in [0.5, 0.6) is 5.75 Å². The molecule has 0 unspecified atom stereocenters. The summed E-state index contributed by atoms with van der Waals surface area (Å²) in [5.74, 6) is 1.43. The zero-order valence-corrected chi connectivity index (χ0v) is 16.4. The second-order valence-corrected chi connectivity index (χ2v) is 8.61. The second-order valence-electron chi connectivity index (χ2n) is 8.61. The summed E-state index contributed by atoms with van der Waals surface area (Å²) >= 11 is 0. The SMILES string of the molecule is OC[C@]12CCOC[C@H]1CN(Cc1cccc(OCCN3CCCCC3)c1)C2. The van der Waals surface area contributed by atoms with E-state index in [1.54, 1.807) is 0 Å². The average Bonchev–Trinajstić information content (AvgIpc) is 3.07. The molecule has 0 saturated carbocycles. The molecule has 0 aromatic heterocycles. The number of hydrogen-bond acceptors (Lipinski definition) is 5. The number of hydrogen-bond donors (Lipinski definition) is 1. The summed E-state index contributed by atoms with van der Waals surface area (Å²) in [6.45, 7) is 8.97.